The molecule has 0 saturated carbocycles. The number of hydrogen-bond acceptors (Lipinski definition) is 6. The Hall–Kier alpha value is -3.49. The highest BCUT2D eigenvalue weighted by atomic mass is 16.2. The number of nitrogens with one attached hydrogen (secondary N) is 1. The Morgan fingerprint density at radius 2 is 1.91 bits per heavy atom. The first kappa shape index (κ1) is 20.4. The molecule has 2 aliphatic heterocycles. The van der Waals surface area contributed by atoms with Crippen molar-refractivity contribution < 1.29 is 9.59 Å². The van der Waals surface area contributed by atoms with Gasteiger partial charge in [-0.25, -0.2) is 14.6 Å². The maximum absolute atomic E-state index is 12.7. The summed E-state index contributed by atoms with van der Waals surface area (Å²) < 4.78 is 1.81. The molecule has 5 rings (SSSR count). The van der Waals surface area contributed by atoms with E-state index in [1.807, 2.05) is 36.5 Å². The van der Waals surface area contributed by atoms with E-state index in [9.17, 15) is 9.59 Å². The van der Waals surface area contributed by atoms with Crippen LogP contribution >= 0.6 is 0 Å². The molecule has 3 aromatic rings. The lowest BCUT2D eigenvalue weighted by molar-refractivity contribution is -0.126. The van der Waals surface area contributed by atoms with Crippen LogP contribution in [0.25, 0.3) is 11.0 Å². The number of amides is 2. The molecular weight excluding hydrogens is 406 g/mol. The first-order chi connectivity index (χ1) is 15.7. The van der Waals surface area contributed by atoms with Gasteiger partial charge in [0.1, 0.15) is 12.1 Å². The molecule has 0 aliphatic carbocycles. The van der Waals surface area contributed by atoms with Crippen LogP contribution in [0.1, 0.15) is 25.7 Å². The number of benzene rings is 1. The monoisotopic (exact) mass is 433 g/mol. The van der Waals surface area contributed by atoms with E-state index in [4.69, 9.17) is 0 Å². The summed E-state index contributed by atoms with van der Waals surface area (Å²) in [7, 11) is 0. The highest BCUT2D eigenvalue weighted by Crippen LogP contribution is 2.26. The molecule has 1 unspecified atom stereocenters. The summed E-state index contributed by atoms with van der Waals surface area (Å²) in [6.45, 7) is 3.36. The number of para-hydroxylation sites is 1. The third-order valence-corrected chi connectivity index (χ3v) is 6.25. The van der Waals surface area contributed by atoms with Crippen LogP contribution in [-0.4, -0.2) is 57.7 Å². The lowest BCUT2D eigenvalue weighted by Crippen LogP contribution is -2.35. The summed E-state index contributed by atoms with van der Waals surface area (Å²) >= 11 is 0. The van der Waals surface area contributed by atoms with Crippen LogP contribution in [0.3, 0.4) is 0 Å². The SMILES string of the molecule is O=C(NCCn1ncc2c(N3CCCCC3)ncnc21)C1CC(=O)N(c2ccccc2)C1. The van der Waals surface area contributed by atoms with Crippen molar-refractivity contribution in [1.82, 2.24) is 25.1 Å². The van der Waals surface area contributed by atoms with Gasteiger partial charge in [-0.05, 0) is 31.4 Å². The standard InChI is InChI=1S/C23H27N7O2/c31-20-13-17(15-29(20)18-7-3-1-4-8-18)23(32)24-9-12-30-22-19(14-27-30)21(25-16-26-22)28-10-5-2-6-11-28/h1,3-4,7-8,14,16-17H,2,5-6,9-13,15H2,(H,24,32). The largest absolute Gasteiger partial charge is 0.356 e. The van der Waals surface area contributed by atoms with Gasteiger partial charge in [0.15, 0.2) is 5.65 Å². The summed E-state index contributed by atoms with van der Waals surface area (Å²) in [5.41, 5.74) is 1.61. The maximum Gasteiger partial charge on any atom is 0.227 e. The topological polar surface area (TPSA) is 96.2 Å². The molecule has 166 valence electrons. The van der Waals surface area contributed by atoms with E-state index < -0.39 is 0 Å². The number of aromatic nitrogens is 4. The van der Waals surface area contributed by atoms with E-state index in [1.54, 1.807) is 15.9 Å². The number of piperidine rings is 1. The molecule has 2 aliphatic rings. The van der Waals surface area contributed by atoms with Crippen LogP contribution in [0.2, 0.25) is 0 Å². The zero-order chi connectivity index (χ0) is 21.9. The number of fused-ring (bicyclic) bond motifs is 1. The average Bonchev–Trinajstić information content (AvgIpc) is 3.44. The summed E-state index contributed by atoms with van der Waals surface area (Å²) in [6.07, 6.45) is 7.26. The molecule has 0 bridgehead atoms. The van der Waals surface area contributed by atoms with Crippen molar-refractivity contribution in [2.24, 2.45) is 5.92 Å². The summed E-state index contributed by atoms with van der Waals surface area (Å²) in [4.78, 5) is 38.0. The Morgan fingerprint density at radius 1 is 1.09 bits per heavy atom. The van der Waals surface area contributed by atoms with Crippen molar-refractivity contribution in [2.45, 2.75) is 32.2 Å². The highest BCUT2D eigenvalue weighted by Gasteiger charge is 2.34. The minimum absolute atomic E-state index is 0.0173. The van der Waals surface area contributed by atoms with Crippen LogP contribution in [0.5, 0.6) is 0 Å². The first-order valence-corrected chi connectivity index (χ1v) is 11.3. The smallest absolute Gasteiger partial charge is 0.227 e. The van der Waals surface area contributed by atoms with E-state index >= 15 is 0 Å². The van der Waals surface area contributed by atoms with E-state index in [2.05, 4.69) is 25.3 Å². The van der Waals surface area contributed by atoms with Crippen LogP contribution < -0.4 is 15.1 Å². The summed E-state index contributed by atoms with van der Waals surface area (Å²) in [6, 6.07) is 9.48. The molecule has 0 spiro atoms. The van der Waals surface area contributed by atoms with Crippen molar-refractivity contribution in [3.05, 3.63) is 42.9 Å². The number of nitrogens with zero attached hydrogens (tertiary/aromatic N) is 6. The highest BCUT2D eigenvalue weighted by molar-refractivity contribution is 6.00. The fraction of sp³-hybridized carbons (Fsp3) is 0.435. The molecule has 32 heavy (non-hydrogen) atoms. The molecule has 9 nitrogen and oxygen atoms in total. The number of anilines is 2. The van der Waals surface area contributed by atoms with Gasteiger partial charge < -0.3 is 15.1 Å². The molecule has 0 radical (unpaired) electrons. The third-order valence-electron chi connectivity index (χ3n) is 6.25. The number of carbonyl (C=O) groups excluding carboxylic acids is 2. The molecule has 1 atom stereocenters. The molecule has 1 aromatic carbocycles. The molecule has 2 amide bonds. The minimum Gasteiger partial charge on any atom is -0.356 e. The number of rotatable bonds is 6. The second-order valence-corrected chi connectivity index (χ2v) is 8.38. The van der Waals surface area contributed by atoms with Gasteiger partial charge in [0.2, 0.25) is 11.8 Å². The predicted molar refractivity (Wildman–Crippen MR) is 121 cm³/mol. The second-order valence-electron chi connectivity index (χ2n) is 8.38. The molecule has 2 fully saturated rings. The fourth-order valence-corrected chi connectivity index (χ4v) is 4.57. The van der Waals surface area contributed by atoms with E-state index in [0.29, 0.717) is 19.6 Å². The van der Waals surface area contributed by atoms with Crippen molar-refractivity contribution in [3.8, 4) is 0 Å². The van der Waals surface area contributed by atoms with Gasteiger partial charge in [-0.15, -0.1) is 0 Å². The predicted octanol–water partition coefficient (Wildman–Crippen LogP) is 1.99. The number of carbonyl (C=O) groups is 2. The van der Waals surface area contributed by atoms with Crippen LogP contribution in [0, 0.1) is 5.92 Å². The maximum atomic E-state index is 12.7. The second kappa shape index (κ2) is 8.94. The summed E-state index contributed by atoms with van der Waals surface area (Å²) in [5, 5.41) is 8.39. The first-order valence-electron chi connectivity index (χ1n) is 11.3. The van der Waals surface area contributed by atoms with Gasteiger partial charge in [-0.2, -0.15) is 5.10 Å². The van der Waals surface area contributed by atoms with Crippen molar-refractivity contribution in [1.29, 1.82) is 0 Å². The lowest BCUT2D eigenvalue weighted by atomic mass is 10.1. The van der Waals surface area contributed by atoms with Crippen LogP contribution in [0.15, 0.2) is 42.9 Å². The molecule has 4 heterocycles. The van der Waals surface area contributed by atoms with Gasteiger partial charge in [-0.1, -0.05) is 18.2 Å². The normalized spacial score (nSPS) is 19.0. The van der Waals surface area contributed by atoms with Gasteiger partial charge >= 0.3 is 0 Å². The lowest BCUT2D eigenvalue weighted by Gasteiger charge is -2.27. The Morgan fingerprint density at radius 3 is 2.72 bits per heavy atom. The Bertz CT molecular complexity index is 1110. The van der Waals surface area contributed by atoms with Crippen molar-refractivity contribution >= 4 is 34.4 Å². The molecule has 2 aromatic heterocycles. The van der Waals surface area contributed by atoms with E-state index in [1.165, 1.54) is 19.3 Å². The molecular formula is C23H27N7O2. The van der Waals surface area contributed by atoms with Gasteiger partial charge in [-0.3, -0.25) is 9.59 Å². The number of hydrogen-bond donors (Lipinski definition) is 1. The molecule has 1 N–H and O–H groups in total. The van der Waals surface area contributed by atoms with Gasteiger partial charge in [0, 0.05) is 38.3 Å². The van der Waals surface area contributed by atoms with Crippen LogP contribution in [-0.2, 0) is 16.1 Å². The molecule has 9 heteroatoms. The van der Waals surface area contributed by atoms with Gasteiger partial charge in [0.25, 0.3) is 0 Å². The van der Waals surface area contributed by atoms with Crippen molar-refractivity contribution in [2.75, 3.05) is 36.0 Å². The zero-order valence-corrected chi connectivity index (χ0v) is 18.0. The average molecular weight is 434 g/mol. The zero-order valence-electron chi connectivity index (χ0n) is 18.0. The third kappa shape index (κ3) is 4.02. The minimum atomic E-state index is -0.342. The quantitative estimate of drug-likeness (QED) is 0.639. The Labute approximate surface area is 186 Å². The molecule has 2 saturated heterocycles. The van der Waals surface area contributed by atoms with E-state index in [0.717, 1.165) is 35.6 Å². The van der Waals surface area contributed by atoms with Crippen molar-refractivity contribution in [3.63, 3.8) is 0 Å². The summed E-state index contributed by atoms with van der Waals surface area (Å²) in [5.74, 6) is 0.480. The van der Waals surface area contributed by atoms with Gasteiger partial charge in [0.05, 0.1) is 24.0 Å². The van der Waals surface area contributed by atoms with E-state index in [-0.39, 0.29) is 24.2 Å². The fourth-order valence-electron chi connectivity index (χ4n) is 4.57. The Balaban J connectivity index is 1.19. The van der Waals surface area contributed by atoms with Crippen LogP contribution in [0.4, 0.5) is 11.5 Å². The Kier molecular flexibility index (Phi) is 5.70.